The first-order valence-electron chi connectivity index (χ1n) is 21.5. The van der Waals surface area contributed by atoms with Crippen molar-refractivity contribution in [3.8, 4) is 0 Å². The van der Waals surface area contributed by atoms with Gasteiger partial charge < -0.3 is 14.6 Å². The number of hydrogen-bond acceptors (Lipinski definition) is 5. The Hall–Kier alpha value is -2.66. The number of carbonyl (C=O) groups excluding carboxylic acids is 2. The number of ether oxygens (including phenoxy) is 2. The monoisotopic (exact) mass is 725 g/mol. The SMILES string of the molecule is CC/C=C\C/C=C\C/C=C\C/C=C\C/C=C\C/C=C\CCCCCCC(=O)OC(CO)COC(=O)CCCCCCCCCCCCCCCCC. The fourth-order valence-corrected chi connectivity index (χ4v) is 5.79. The highest BCUT2D eigenvalue weighted by atomic mass is 16.6. The molecule has 5 heteroatoms. The van der Waals surface area contributed by atoms with Gasteiger partial charge in [0.2, 0.25) is 0 Å². The van der Waals surface area contributed by atoms with Gasteiger partial charge >= 0.3 is 11.9 Å². The molecule has 0 bridgehead atoms. The first kappa shape index (κ1) is 49.3. The molecule has 0 heterocycles. The third-order valence-corrected chi connectivity index (χ3v) is 9.01. The Morgan fingerprint density at radius 3 is 1.25 bits per heavy atom. The van der Waals surface area contributed by atoms with Gasteiger partial charge in [0.1, 0.15) is 6.61 Å². The topological polar surface area (TPSA) is 72.8 Å². The van der Waals surface area contributed by atoms with E-state index in [4.69, 9.17) is 9.47 Å². The van der Waals surface area contributed by atoms with E-state index in [0.717, 1.165) is 89.9 Å². The van der Waals surface area contributed by atoms with Gasteiger partial charge in [-0.2, -0.15) is 0 Å². The summed E-state index contributed by atoms with van der Waals surface area (Å²) >= 11 is 0. The van der Waals surface area contributed by atoms with Crippen molar-refractivity contribution in [2.75, 3.05) is 13.2 Å². The molecule has 0 amide bonds. The van der Waals surface area contributed by atoms with Crippen molar-refractivity contribution >= 4 is 11.9 Å². The number of allylic oxidation sites excluding steroid dienone is 12. The highest BCUT2D eigenvalue weighted by Crippen LogP contribution is 2.14. The van der Waals surface area contributed by atoms with Crippen molar-refractivity contribution in [3.63, 3.8) is 0 Å². The summed E-state index contributed by atoms with van der Waals surface area (Å²) in [6, 6.07) is 0. The van der Waals surface area contributed by atoms with E-state index in [2.05, 4.69) is 86.8 Å². The van der Waals surface area contributed by atoms with Crippen LogP contribution in [0.15, 0.2) is 72.9 Å². The number of esters is 2. The lowest BCUT2D eigenvalue weighted by atomic mass is 10.0. The molecule has 0 aliphatic carbocycles. The lowest BCUT2D eigenvalue weighted by molar-refractivity contribution is -0.161. The van der Waals surface area contributed by atoms with Crippen LogP contribution in [0, 0.1) is 0 Å². The molecule has 0 saturated heterocycles. The Labute approximate surface area is 321 Å². The van der Waals surface area contributed by atoms with Crippen molar-refractivity contribution in [2.24, 2.45) is 0 Å². The molecule has 1 N–H and O–H groups in total. The van der Waals surface area contributed by atoms with Gasteiger partial charge in [0.25, 0.3) is 0 Å². The second-order valence-corrected chi connectivity index (χ2v) is 14.0. The molecule has 0 spiro atoms. The van der Waals surface area contributed by atoms with Crippen LogP contribution in [0.25, 0.3) is 0 Å². The standard InChI is InChI=1S/C47H80O5/c1-3-5-7-9-11-13-15-17-19-20-21-22-23-24-25-26-28-30-32-34-36-38-40-42-47(50)52-45(43-48)44-51-46(49)41-39-37-35-33-31-29-27-18-16-14-12-10-8-6-4-2/h5,7,11,13,17,19,21-22,24-25,28,30,45,48H,3-4,6,8-10,12,14-16,18,20,23,26-27,29,31-44H2,1-2H3/b7-5-,13-11-,19-17-,22-21-,25-24-,30-28-. The highest BCUT2D eigenvalue weighted by Gasteiger charge is 2.16. The molecular weight excluding hydrogens is 645 g/mol. The summed E-state index contributed by atoms with van der Waals surface area (Å²) in [4.78, 5) is 24.3. The molecule has 0 aromatic carbocycles. The lowest BCUT2D eigenvalue weighted by Gasteiger charge is -2.15. The highest BCUT2D eigenvalue weighted by molar-refractivity contribution is 5.70. The van der Waals surface area contributed by atoms with Gasteiger partial charge in [-0.15, -0.1) is 0 Å². The van der Waals surface area contributed by atoms with Gasteiger partial charge in [0, 0.05) is 12.8 Å². The molecule has 0 radical (unpaired) electrons. The molecule has 5 nitrogen and oxygen atoms in total. The quantitative estimate of drug-likeness (QED) is 0.0390. The van der Waals surface area contributed by atoms with Crippen molar-refractivity contribution < 1.29 is 24.2 Å². The van der Waals surface area contributed by atoms with Gasteiger partial charge in [-0.25, -0.2) is 0 Å². The summed E-state index contributed by atoms with van der Waals surface area (Å²) in [6.07, 6.45) is 56.8. The van der Waals surface area contributed by atoms with Crippen LogP contribution < -0.4 is 0 Å². The average molecular weight is 725 g/mol. The fraction of sp³-hybridized carbons (Fsp3) is 0.702. The Bertz CT molecular complexity index is 957. The fourth-order valence-electron chi connectivity index (χ4n) is 5.79. The first-order valence-corrected chi connectivity index (χ1v) is 21.5. The predicted molar refractivity (Wildman–Crippen MR) is 223 cm³/mol. The largest absolute Gasteiger partial charge is 0.462 e. The minimum absolute atomic E-state index is 0.0776. The summed E-state index contributed by atoms with van der Waals surface area (Å²) in [5, 5.41) is 9.57. The van der Waals surface area contributed by atoms with Crippen molar-refractivity contribution in [3.05, 3.63) is 72.9 Å². The number of carbonyl (C=O) groups is 2. The van der Waals surface area contributed by atoms with Gasteiger partial charge in [-0.05, 0) is 64.2 Å². The minimum atomic E-state index is -0.786. The summed E-state index contributed by atoms with van der Waals surface area (Å²) < 4.78 is 10.6. The molecule has 1 unspecified atom stereocenters. The Kier molecular flexibility index (Phi) is 40.6. The predicted octanol–water partition coefficient (Wildman–Crippen LogP) is 13.7. The molecule has 1 atom stereocenters. The van der Waals surface area contributed by atoms with Gasteiger partial charge in [-0.1, -0.05) is 189 Å². The third-order valence-electron chi connectivity index (χ3n) is 9.01. The van der Waals surface area contributed by atoms with E-state index in [-0.39, 0.29) is 25.2 Å². The molecule has 52 heavy (non-hydrogen) atoms. The normalized spacial score (nSPS) is 12.9. The summed E-state index contributed by atoms with van der Waals surface area (Å²) in [5.74, 6) is -0.620. The number of aliphatic hydroxyl groups is 1. The molecule has 0 saturated carbocycles. The van der Waals surface area contributed by atoms with Crippen LogP contribution in [0.3, 0.4) is 0 Å². The van der Waals surface area contributed by atoms with Crippen LogP contribution in [0.5, 0.6) is 0 Å². The molecule has 0 aliphatic rings. The van der Waals surface area contributed by atoms with Crippen LogP contribution in [-0.4, -0.2) is 36.4 Å². The molecule has 0 rings (SSSR count). The van der Waals surface area contributed by atoms with E-state index >= 15 is 0 Å². The van der Waals surface area contributed by atoms with Gasteiger partial charge in [0.05, 0.1) is 6.61 Å². The van der Waals surface area contributed by atoms with Crippen molar-refractivity contribution in [1.82, 2.24) is 0 Å². The van der Waals surface area contributed by atoms with Crippen molar-refractivity contribution in [1.29, 1.82) is 0 Å². The maximum absolute atomic E-state index is 12.2. The van der Waals surface area contributed by atoms with Gasteiger partial charge in [0.15, 0.2) is 6.10 Å². The molecule has 0 aliphatic heterocycles. The molecule has 0 aromatic rings. The Balaban J connectivity index is 3.63. The lowest BCUT2D eigenvalue weighted by Crippen LogP contribution is -2.28. The van der Waals surface area contributed by atoms with Crippen LogP contribution in [0.2, 0.25) is 0 Å². The second kappa shape index (κ2) is 42.8. The zero-order valence-corrected chi connectivity index (χ0v) is 33.8. The summed E-state index contributed by atoms with van der Waals surface area (Å²) in [7, 11) is 0. The van der Waals surface area contributed by atoms with E-state index in [1.54, 1.807) is 0 Å². The van der Waals surface area contributed by atoms with Crippen LogP contribution >= 0.6 is 0 Å². The maximum atomic E-state index is 12.2. The summed E-state index contributed by atoms with van der Waals surface area (Å²) in [6.45, 7) is 4.00. The maximum Gasteiger partial charge on any atom is 0.306 e. The molecule has 0 aromatic heterocycles. The van der Waals surface area contributed by atoms with E-state index in [9.17, 15) is 14.7 Å². The van der Waals surface area contributed by atoms with Crippen LogP contribution in [0.1, 0.15) is 194 Å². The zero-order chi connectivity index (χ0) is 37.8. The first-order chi connectivity index (χ1) is 25.6. The van der Waals surface area contributed by atoms with E-state index in [0.29, 0.717) is 12.8 Å². The van der Waals surface area contributed by atoms with Crippen LogP contribution in [0.4, 0.5) is 0 Å². The van der Waals surface area contributed by atoms with E-state index < -0.39 is 6.10 Å². The van der Waals surface area contributed by atoms with Crippen LogP contribution in [-0.2, 0) is 19.1 Å². The Morgan fingerprint density at radius 1 is 0.462 bits per heavy atom. The summed E-state index contributed by atoms with van der Waals surface area (Å²) in [5.41, 5.74) is 0. The second-order valence-electron chi connectivity index (χ2n) is 14.0. The third kappa shape index (κ3) is 40.1. The number of unbranched alkanes of at least 4 members (excludes halogenated alkanes) is 18. The number of hydrogen-bond donors (Lipinski definition) is 1. The zero-order valence-electron chi connectivity index (χ0n) is 33.8. The molecular formula is C47H80O5. The molecule has 0 fully saturated rings. The smallest absolute Gasteiger partial charge is 0.306 e. The van der Waals surface area contributed by atoms with E-state index in [1.807, 2.05) is 0 Å². The van der Waals surface area contributed by atoms with E-state index in [1.165, 1.54) is 77.0 Å². The number of aliphatic hydroxyl groups excluding tert-OH is 1. The average Bonchev–Trinajstić information content (AvgIpc) is 3.15. The Morgan fingerprint density at radius 2 is 0.827 bits per heavy atom. The molecule has 298 valence electrons. The van der Waals surface area contributed by atoms with Gasteiger partial charge in [-0.3, -0.25) is 9.59 Å². The number of rotatable bonds is 38. The minimum Gasteiger partial charge on any atom is -0.462 e. The van der Waals surface area contributed by atoms with Crippen molar-refractivity contribution in [2.45, 2.75) is 200 Å².